The lowest BCUT2D eigenvalue weighted by Crippen LogP contribution is -2.50. The number of hydrogen-bond acceptors (Lipinski definition) is 6. The highest BCUT2D eigenvalue weighted by Gasteiger charge is 2.38. The van der Waals surface area contributed by atoms with Gasteiger partial charge in [-0.1, -0.05) is 18.2 Å². The van der Waals surface area contributed by atoms with Gasteiger partial charge in [0, 0.05) is 39.3 Å². The van der Waals surface area contributed by atoms with Gasteiger partial charge in [-0.15, -0.1) is 0 Å². The summed E-state index contributed by atoms with van der Waals surface area (Å²) in [4.78, 5) is 17.4. The van der Waals surface area contributed by atoms with Gasteiger partial charge in [0.15, 0.2) is 11.5 Å². The minimum absolute atomic E-state index is 0.0894. The van der Waals surface area contributed by atoms with E-state index < -0.39 is 11.7 Å². The maximum absolute atomic E-state index is 13.3. The molecule has 0 aliphatic carbocycles. The van der Waals surface area contributed by atoms with E-state index in [4.69, 9.17) is 9.47 Å². The summed E-state index contributed by atoms with van der Waals surface area (Å²) in [6, 6.07) is 10.9. The van der Waals surface area contributed by atoms with Gasteiger partial charge in [-0.05, 0) is 35.4 Å². The minimum Gasteiger partial charge on any atom is -0.486 e. The van der Waals surface area contributed by atoms with E-state index in [1.807, 2.05) is 23.1 Å². The van der Waals surface area contributed by atoms with Gasteiger partial charge < -0.3 is 14.4 Å². The third kappa shape index (κ3) is 4.84. The molecule has 2 atom stereocenters. The first-order valence-corrected chi connectivity index (χ1v) is 11.4. The summed E-state index contributed by atoms with van der Waals surface area (Å²) < 4.78 is 49.6. The minimum atomic E-state index is -4.33. The van der Waals surface area contributed by atoms with E-state index >= 15 is 0 Å². The molecule has 3 heterocycles. The molecule has 34 heavy (non-hydrogen) atoms. The normalized spacial score (nSPS) is 23.2. The Labute approximate surface area is 195 Å². The molecule has 1 amide bonds. The van der Waals surface area contributed by atoms with Gasteiger partial charge in [-0.3, -0.25) is 15.1 Å². The van der Waals surface area contributed by atoms with Gasteiger partial charge in [-0.25, -0.2) is 5.43 Å². The van der Waals surface area contributed by atoms with Crippen LogP contribution in [0.1, 0.15) is 22.7 Å². The standard InChI is InChI=1S/C24H27F3N4O3/c25-24(26,27)18-4-1-16(2-5-18)15-30-7-9-31(10-8-30)23(32)19-14-28-29-22(19)17-3-6-20-21(13-17)34-12-11-33-20/h1-6,13,19,22,28-29H,7-12,14-15H2. The van der Waals surface area contributed by atoms with Crippen LogP contribution < -0.4 is 20.3 Å². The highest BCUT2D eigenvalue weighted by atomic mass is 19.4. The topological polar surface area (TPSA) is 66.1 Å². The molecule has 3 aliphatic heterocycles. The van der Waals surface area contributed by atoms with Crippen LogP contribution in [0.4, 0.5) is 13.2 Å². The molecule has 0 aromatic heterocycles. The second-order valence-corrected chi connectivity index (χ2v) is 8.81. The predicted octanol–water partition coefficient (Wildman–Crippen LogP) is 2.59. The second-order valence-electron chi connectivity index (χ2n) is 8.81. The van der Waals surface area contributed by atoms with Crippen molar-refractivity contribution in [3.8, 4) is 11.5 Å². The first-order valence-electron chi connectivity index (χ1n) is 11.4. The van der Waals surface area contributed by atoms with Crippen LogP contribution in [-0.2, 0) is 17.5 Å². The number of nitrogens with zero attached hydrogens (tertiary/aromatic N) is 2. The van der Waals surface area contributed by atoms with Crippen molar-refractivity contribution < 1.29 is 27.4 Å². The Morgan fingerprint density at radius 2 is 1.68 bits per heavy atom. The van der Waals surface area contributed by atoms with E-state index in [2.05, 4.69) is 15.8 Å². The summed E-state index contributed by atoms with van der Waals surface area (Å²) in [5, 5.41) is 0. The summed E-state index contributed by atoms with van der Waals surface area (Å²) in [6.07, 6.45) is -4.33. The van der Waals surface area contributed by atoms with Crippen LogP contribution >= 0.6 is 0 Å². The maximum atomic E-state index is 13.3. The van der Waals surface area contributed by atoms with Gasteiger partial charge in [0.2, 0.25) is 5.91 Å². The van der Waals surface area contributed by atoms with Crippen LogP contribution in [0.2, 0.25) is 0 Å². The molecule has 0 spiro atoms. The summed E-state index contributed by atoms with van der Waals surface area (Å²) in [5.74, 6) is 1.25. The Balaban J connectivity index is 1.17. The first-order chi connectivity index (χ1) is 16.4. The monoisotopic (exact) mass is 476 g/mol. The first kappa shape index (κ1) is 22.9. The number of hydrazine groups is 1. The van der Waals surface area contributed by atoms with Crippen molar-refractivity contribution in [3.63, 3.8) is 0 Å². The average molecular weight is 476 g/mol. The molecule has 7 nitrogen and oxygen atoms in total. The number of rotatable bonds is 4. The fourth-order valence-electron chi connectivity index (χ4n) is 4.71. The van der Waals surface area contributed by atoms with Gasteiger partial charge in [0.05, 0.1) is 17.5 Å². The second kappa shape index (κ2) is 9.44. The van der Waals surface area contributed by atoms with Crippen molar-refractivity contribution in [1.82, 2.24) is 20.7 Å². The van der Waals surface area contributed by atoms with Crippen LogP contribution in [0.3, 0.4) is 0 Å². The molecule has 10 heteroatoms. The smallest absolute Gasteiger partial charge is 0.416 e. The number of piperazine rings is 1. The Morgan fingerprint density at radius 1 is 0.971 bits per heavy atom. The quantitative estimate of drug-likeness (QED) is 0.708. The van der Waals surface area contributed by atoms with Crippen molar-refractivity contribution in [1.29, 1.82) is 0 Å². The zero-order chi connectivity index (χ0) is 23.7. The SMILES string of the molecule is O=C(C1CNNC1c1ccc2c(c1)OCCO2)N1CCN(Cc2ccc(C(F)(F)F)cc2)CC1. The van der Waals surface area contributed by atoms with E-state index in [-0.39, 0.29) is 17.9 Å². The number of halogens is 3. The molecule has 3 aliphatic rings. The Morgan fingerprint density at radius 3 is 2.38 bits per heavy atom. The van der Waals surface area contributed by atoms with Gasteiger partial charge >= 0.3 is 6.18 Å². The Bertz CT molecular complexity index is 1020. The molecule has 2 aromatic carbocycles. The lowest BCUT2D eigenvalue weighted by molar-refractivity contribution is -0.138. The summed E-state index contributed by atoms with van der Waals surface area (Å²) >= 11 is 0. The molecule has 5 rings (SSSR count). The molecule has 0 bridgehead atoms. The fraction of sp³-hybridized carbons (Fsp3) is 0.458. The maximum Gasteiger partial charge on any atom is 0.416 e. The Hall–Kier alpha value is -2.82. The zero-order valence-electron chi connectivity index (χ0n) is 18.6. The van der Waals surface area contributed by atoms with Crippen molar-refractivity contribution in [3.05, 3.63) is 59.2 Å². The number of carbonyl (C=O) groups excluding carboxylic acids is 1. The number of fused-ring (bicyclic) bond motifs is 1. The van der Waals surface area contributed by atoms with Crippen molar-refractivity contribution in [2.75, 3.05) is 45.9 Å². The van der Waals surface area contributed by atoms with Crippen molar-refractivity contribution in [2.45, 2.75) is 18.8 Å². The number of alkyl halides is 3. The fourth-order valence-corrected chi connectivity index (χ4v) is 4.71. The number of carbonyl (C=O) groups is 1. The Kier molecular flexibility index (Phi) is 6.37. The largest absolute Gasteiger partial charge is 0.486 e. The average Bonchev–Trinajstić information content (AvgIpc) is 3.34. The molecule has 182 valence electrons. The number of benzene rings is 2. The molecule has 2 saturated heterocycles. The van der Waals surface area contributed by atoms with Gasteiger partial charge in [-0.2, -0.15) is 13.2 Å². The molecular formula is C24H27F3N4O3. The number of nitrogens with one attached hydrogen (secondary N) is 2. The molecular weight excluding hydrogens is 449 g/mol. The third-order valence-corrected chi connectivity index (χ3v) is 6.60. The molecule has 2 unspecified atom stereocenters. The lowest BCUT2D eigenvalue weighted by atomic mass is 9.93. The van der Waals surface area contributed by atoms with Crippen LogP contribution in [0.15, 0.2) is 42.5 Å². The summed E-state index contributed by atoms with van der Waals surface area (Å²) in [5.41, 5.74) is 7.49. The third-order valence-electron chi connectivity index (χ3n) is 6.60. The van der Waals surface area contributed by atoms with E-state index in [1.54, 1.807) is 0 Å². The van der Waals surface area contributed by atoms with Gasteiger partial charge in [0.25, 0.3) is 0 Å². The number of hydrogen-bond donors (Lipinski definition) is 2. The van der Waals surface area contributed by atoms with Gasteiger partial charge in [0.1, 0.15) is 13.2 Å². The van der Waals surface area contributed by atoms with Crippen molar-refractivity contribution in [2.24, 2.45) is 5.92 Å². The molecule has 0 radical (unpaired) electrons. The molecule has 2 fully saturated rings. The predicted molar refractivity (Wildman–Crippen MR) is 118 cm³/mol. The summed E-state index contributed by atoms with van der Waals surface area (Å²) in [6.45, 7) is 4.65. The van der Waals surface area contributed by atoms with E-state index in [0.29, 0.717) is 64.0 Å². The van der Waals surface area contributed by atoms with Crippen molar-refractivity contribution >= 4 is 5.91 Å². The molecule has 2 N–H and O–H groups in total. The van der Waals surface area contributed by atoms with E-state index in [9.17, 15) is 18.0 Å². The highest BCUT2D eigenvalue weighted by molar-refractivity contribution is 5.80. The number of ether oxygens (including phenoxy) is 2. The van der Waals surface area contributed by atoms with Crippen LogP contribution in [0.5, 0.6) is 11.5 Å². The lowest BCUT2D eigenvalue weighted by Gasteiger charge is -2.36. The van der Waals surface area contributed by atoms with Crippen LogP contribution in [0.25, 0.3) is 0 Å². The summed E-state index contributed by atoms with van der Waals surface area (Å²) in [7, 11) is 0. The van der Waals surface area contributed by atoms with E-state index in [1.165, 1.54) is 12.1 Å². The van der Waals surface area contributed by atoms with E-state index in [0.717, 1.165) is 23.3 Å². The zero-order valence-corrected chi connectivity index (χ0v) is 18.6. The number of amides is 1. The van der Waals surface area contributed by atoms with Crippen LogP contribution in [-0.4, -0.2) is 61.6 Å². The molecule has 0 saturated carbocycles. The molecule has 2 aromatic rings. The highest BCUT2D eigenvalue weighted by Crippen LogP contribution is 2.36. The van der Waals surface area contributed by atoms with Crippen LogP contribution in [0, 0.1) is 5.92 Å².